The van der Waals surface area contributed by atoms with Crippen LogP contribution in [0.15, 0.2) is 47.4 Å². The van der Waals surface area contributed by atoms with Crippen LogP contribution in [-0.4, -0.2) is 41.1 Å². The minimum atomic E-state index is -1.33. The lowest BCUT2D eigenvalue weighted by Crippen LogP contribution is -2.33. The molecule has 1 aliphatic heterocycles. The first-order valence-corrected chi connectivity index (χ1v) is 9.78. The molecule has 142 valence electrons. The lowest BCUT2D eigenvalue weighted by atomic mass is 9.87. The molecule has 1 heterocycles. The van der Waals surface area contributed by atoms with Gasteiger partial charge < -0.3 is 14.8 Å². The van der Waals surface area contributed by atoms with E-state index in [4.69, 9.17) is 0 Å². The predicted molar refractivity (Wildman–Crippen MR) is 97.6 cm³/mol. The Morgan fingerprint density at radius 1 is 1.22 bits per heavy atom. The fourth-order valence-corrected chi connectivity index (χ4v) is 4.01. The van der Waals surface area contributed by atoms with Crippen molar-refractivity contribution in [3.05, 3.63) is 59.7 Å². The zero-order chi connectivity index (χ0) is 19.7. The second-order valence-electron chi connectivity index (χ2n) is 6.45. The van der Waals surface area contributed by atoms with Crippen molar-refractivity contribution in [2.24, 2.45) is 5.92 Å². The lowest BCUT2D eigenvalue weighted by Gasteiger charge is -2.18. The van der Waals surface area contributed by atoms with Gasteiger partial charge in [0.25, 0.3) is 0 Å². The molecule has 1 saturated heterocycles. The van der Waals surface area contributed by atoms with Crippen LogP contribution in [0.5, 0.6) is 0 Å². The normalized spacial score (nSPS) is 20.6. The van der Waals surface area contributed by atoms with Crippen LogP contribution < -0.4 is 5.32 Å². The summed E-state index contributed by atoms with van der Waals surface area (Å²) in [7, 11) is 1.54. The van der Waals surface area contributed by atoms with E-state index in [0.29, 0.717) is 10.6 Å². The molecule has 0 radical (unpaired) electrons. The molecule has 2 aromatic rings. The van der Waals surface area contributed by atoms with Crippen molar-refractivity contribution >= 4 is 28.7 Å². The molecule has 2 amide bonds. The minimum absolute atomic E-state index is 0.168. The Morgan fingerprint density at radius 2 is 1.85 bits per heavy atom. The molecule has 0 aromatic heterocycles. The van der Waals surface area contributed by atoms with Gasteiger partial charge in [-0.2, -0.15) is 0 Å². The fourth-order valence-electron chi connectivity index (χ4n) is 3.31. The number of nitrogens with zero attached hydrogens (tertiary/aromatic N) is 1. The van der Waals surface area contributed by atoms with E-state index < -0.39 is 46.5 Å². The van der Waals surface area contributed by atoms with Crippen LogP contribution in [0.1, 0.15) is 11.5 Å². The number of hydrogen-bond donors (Lipinski definition) is 1. The molecule has 1 N–H and O–H groups in total. The van der Waals surface area contributed by atoms with E-state index >= 15 is 0 Å². The molecule has 0 bridgehead atoms. The number of benzene rings is 2. The highest BCUT2D eigenvalue weighted by atomic mass is 32.2. The number of rotatable bonds is 4. The van der Waals surface area contributed by atoms with Crippen molar-refractivity contribution in [2.75, 3.05) is 25.2 Å². The van der Waals surface area contributed by atoms with Gasteiger partial charge in [0, 0.05) is 25.6 Å². The Morgan fingerprint density at radius 3 is 2.48 bits per heavy atom. The smallest absolute Gasteiger partial charge is 0.237 e. The van der Waals surface area contributed by atoms with E-state index in [9.17, 15) is 22.9 Å². The second-order valence-corrected chi connectivity index (χ2v) is 7.79. The molecule has 0 spiro atoms. The van der Waals surface area contributed by atoms with Crippen LogP contribution in [0, 0.1) is 17.6 Å². The summed E-state index contributed by atoms with van der Waals surface area (Å²) in [6.45, 7) is 0.168. The van der Waals surface area contributed by atoms with Gasteiger partial charge >= 0.3 is 0 Å². The number of hydrogen-bond acceptors (Lipinski definition) is 3. The number of carbonyl (C=O) groups is 2. The van der Waals surface area contributed by atoms with Gasteiger partial charge in [0.2, 0.25) is 11.8 Å². The Bertz CT molecular complexity index is 871. The number of likely N-dealkylation sites (N-methyl/N-ethyl adjacent to an activating group) is 1. The van der Waals surface area contributed by atoms with Crippen molar-refractivity contribution in [2.45, 2.75) is 10.8 Å². The van der Waals surface area contributed by atoms with Crippen molar-refractivity contribution < 1.29 is 22.9 Å². The molecule has 3 atom stereocenters. The number of para-hydroxylation sites is 1. The molecule has 8 heteroatoms. The quantitative estimate of drug-likeness (QED) is 0.642. The lowest BCUT2D eigenvalue weighted by molar-refractivity contribution is -0.135. The molecule has 0 unspecified atom stereocenters. The highest BCUT2D eigenvalue weighted by molar-refractivity contribution is 7.90. The van der Waals surface area contributed by atoms with Crippen LogP contribution in [0.3, 0.4) is 0 Å². The van der Waals surface area contributed by atoms with Gasteiger partial charge in [0.15, 0.2) is 4.90 Å². The largest absolute Gasteiger partial charge is 0.612 e. The standard InChI is InChI=1S/C19H18F2N2O3S/c1-23-10-14(11-7-12(20)9-13(21)8-11)17(19(23)25)18(24)22-15-5-3-4-6-16(15)27(2)26/h3-9,14,17H,10H2,1-2H3,(H,22,24)/t14-,17+,27-/m1/s1. The van der Waals surface area contributed by atoms with Crippen molar-refractivity contribution in [3.63, 3.8) is 0 Å². The third-order valence-electron chi connectivity index (χ3n) is 4.57. The van der Waals surface area contributed by atoms with Crippen LogP contribution >= 0.6 is 0 Å². The maximum Gasteiger partial charge on any atom is 0.237 e. The van der Waals surface area contributed by atoms with Crippen molar-refractivity contribution in [1.29, 1.82) is 0 Å². The molecule has 0 aliphatic carbocycles. The van der Waals surface area contributed by atoms with Crippen LogP contribution in [0.2, 0.25) is 0 Å². The number of nitrogens with one attached hydrogen (secondary N) is 1. The first-order valence-electron chi connectivity index (χ1n) is 8.22. The topological polar surface area (TPSA) is 72.5 Å². The average Bonchev–Trinajstić information content (AvgIpc) is 2.89. The highest BCUT2D eigenvalue weighted by Crippen LogP contribution is 2.35. The minimum Gasteiger partial charge on any atom is -0.612 e. The van der Waals surface area contributed by atoms with Crippen molar-refractivity contribution in [3.8, 4) is 0 Å². The Kier molecular flexibility index (Phi) is 5.48. The molecule has 3 rings (SSSR count). The van der Waals surface area contributed by atoms with E-state index in [1.165, 1.54) is 18.2 Å². The molecular weight excluding hydrogens is 374 g/mol. The number of amides is 2. The van der Waals surface area contributed by atoms with Gasteiger partial charge in [-0.3, -0.25) is 9.59 Å². The molecule has 1 aliphatic rings. The monoisotopic (exact) mass is 392 g/mol. The second kappa shape index (κ2) is 7.66. The zero-order valence-electron chi connectivity index (χ0n) is 14.7. The average molecular weight is 392 g/mol. The number of likely N-dealkylation sites (tertiary alicyclic amines) is 1. The first kappa shape index (κ1) is 19.3. The Balaban J connectivity index is 1.92. The van der Waals surface area contributed by atoms with E-state index in [2.05, 4.69) is 5.32 Å². The SMILES string of the molecule is CN1C[C@H](c2cc(F)cc(F)c2)[C@@H](C(=O)Nc2ccccc2[S@@+](C)[O-])C1=O. The van der Waals surface area contributed by atoms with E-state index in [1.807, 2.05) is 0 Å². The van der Waals surface area contributed by atoms with Gasteiger partial charge in [-0.05, 0) is 41.0 Å². The molecule has 1 fully saturated rings. The summed E-state index contributed by atoms with van der Waals surface area (Å²) in [4.78, 5) is 27.2. The maximum atomic E-state index is 13.6. The number of carbonyl (C=O) groups excluding carboxylic acids is 2. The zero-order valence-corrected chi connectivity index (χ0v) is 15.6. The Hall–Kier alpha value is -2.45. The predicted octanol–water partition coefficient (Wildman–Crippen LogP) is 2.51. The molecule has 5 nitrogen and oxygen atoms in total. The third kappa shape index (κ3) is 3.96. The van der Waals surface area contributed by atoms with Gasteiger partial charge in [-0.25, -0.2) is 8.78 Å². The van der Waals surface area contributed by atoms with Crippen LogP contribution in [0.4, 0.5) is 14.5 Å². The summed E-state index contributed by atoms with van der Waals surface area (Å²) in [5, 5.41) is 2.65. The summed E-state index contributed by atoms with van der Waals surface area (Å²) >= 11 is -1.33. The molecule has 0 saturated carbocycles. The Labute approximate surface area is 158 Å². The molecule has 27 heavy (non-hydrogen) atoms. The number of anilines is 1. The summed E-state index contributed by atoms with van der Waals surface area (Å²) in [6.07, 6.45) is 1.48. The highest BCUT2D eigenvalue weighted by Gasteiger charge is 2.44. The van der Waals surface area contributed by atoms with E-state index in [1.54, 1.807) is 24.3 Å². The summed E-state index contributed by atoms with van der Waals surface area (Å²) in [5.41, 5.74) is 0.590. The van der Waals surface area contributed by atoms with Gasteiger partial charge in [0.05, 0.1) is 5.69 Å². The summed E-state index contributed by atoms with van der Waals surface area (Å²) in [6, 6.07) is 9.59. The molecular formula is C19H18F2N2O3S. The first-order chi connectivity index (χ1) is 12.8. The van der Waals surface area contributed by atoms with Gasteiger partial charge in [-0.15, -0.1) is 0 Å². The maximum absolute atomic E-state index is 13.6. The number of halogens is 2. The van der Waals surface area contributed by atoms with Gasteiger partial charge in [-0.1, -0.05) is 12.1 Å². The molecule has 2 aromatic carbocycles. The van der Waals surface area contributed by atoms with E-state index in [-0.39, 0.29) is 12.1 Å². The summed E-state index contributed by atoms with van der Waals surface area (Å²) < 4.78 is 39.1. The fraction of sp³-hybridized carbons (Fsp3) is 0.263. The van der Waals surface area contributed by atoms with Crippen LogP contribution in [-0.2, 0) is 20.8 Å². The van der Waals surface area contributed by atoms with E-state index in [0.717, 1.165) is 18.2 Å². The summed E-state index contributed by atoms with van der Waals surface area (Å²) in [5.74, 6) is -4.38. The van der Waals surface area contributed by atoms with Gasteiger partial charge in [0.1, 0.15) is 23.8 Å². The van der Waals surface area contributed by atoms with Crippen LogP contribution in [0.25, 0.3) is 0 Å². The third-order valence-corrected chi connectivity index (χ3v) is 5.54. The van der Waals surface area contributed by atoms with Crippen molar-refractivity contribution in [1.82, 2.24) is 4.90 Å².